The lowest BCUT2D eigenvalue weighted by Crippen LogP contribution is -3.00. The molecule has 0 aliphatic carbocycles. The maximum atomic E-state index is 4.57. The van der Waals surface area contributed by atoms with Crippen LogP contribution < -0.4 is 27.8 Å². The molecule has 3 rings (SSSR count). The summed E-state index contributed by atoms with van der Waals surface area (Å²) < 4.78 is 1.76. The largest absolute Gasteiger partial charge is 1.00 e. The first-order valence-corrected chi connectivity index (χ1v) is 6.38. The van der Waals surface area contributed by atoms with Crippen LogP contribution >= 0.6 is 28.3 Å². The predicted molar refractivity (Wildman–Crippen MR) is 83.8 cm³/mol. The van der Waals surface area contributed by atoms with Gasteiger partial charge in [-0.15, -0.1) is 33.0 Å². The van der Waals surface area contributed by atoms with Crippen LogP contribution in [0.25, 0.3) is 16.3 Å². The smallest absolute Gasteiger partial charge is 0.293 e. The zero-order chi connectivity index (χ0) is 12.5. The van der Waals surface area contributed by atoms with Crippen LogP contribution in [0.15, 0.2) is 30.6 Å². The Kier molecular flexibility index (Phi) is 7.86. The fourth-order valence-corrected chi connectivity index (χ4v) is 2.60. The zero-order valence-corrected chi connectivity index (χ0v) is 15.7. The molecule has 2 heterocycles. The Balaban J connectivity index is 0.00000133. The van der Waals surface area contributed by atoms with Gasteiger partial charge in [0, 0.05) is 10.4 Å². The van der Waals surface area contributed by atoms with Gasteiger partial charge in [-0.1, -0.05) is 17.3 Å². The third-order valence-electron chi connectivity index (χ3n) is 2.78. The molecule has 0 unspecified atom stereocenters. The van der Waals surface area contributed by atoms with E-state index in [1.54, 1.807) is 22.3 Å². The molecule has 0 fully saturated rings. The number of aromatic amines is 1. The lowest BCUT2D eigenvalue weighted by molar-refractivity contribution is -0.660. The first-order chi connectivity index (χ1) is 8.74. The van der Waals surface area contributed by atoms with Crippen LogP contribution in [0.1, 0.15) is 10.6 Å². The maximum Gasteiger partial charge on any atom is 0.293 e. The van der Waals surface area contributed by atoms with Crippen molar-refractivity contribution in [1.29, 1.82) is 0 Å². The molecule has 21 heavy (non-hydrogen) atoms. The number of benzene rings is 1. The first-order valence-electron chi connectivity index (χ1n) is 5.56. The molecule has 2 aromatic heterocycles. The molecule has 9 heteroatoms. The predicted octanol–water partition coefficient (Wildman–Crippen LogP) is -0.434. The Labute approximate surface area is 147 Å². The number of hydrogen-bond acceptors (Lipinski definition) is 5. The Morgan fingerprint density at radius 3 is 2.57 bits per heavy atom. The quantitative estimate of drug-likeness (QED) is 0.534. The summed E-state index contributed by atoms with van der Waals surface area (Å²) in [5.41, 5.74) is 3.19. The van der Waals surface area contributed by atoms with Crippen LogP contribution in [0, 0.1) is 13.8 Å². The molecule has 0 bridgehead atoms. The second-order valence-corrected chi connectivity index (χ2v) is 5.22. The molecular weight excluding hydrogens is 420 g/mol. The number of nitrogens with zero attached hydrogens (tertiary/aromatic N) is 4. The Morgan fingerprint density at radius 1 is 1.24 bits per heavy atom. The van der Waals surface area contributed by atoms with Gasteiger partial charge in [-0.25, -0.2) is 4.98 Å². The van der Waals surface area contributed by atoms with Gasteiger partial charge < -0.3 is 23.1 Å². The van der Waals surface area contributed by atoms with Gasteiger partial charge in [0.05, 0.1) is 5.69 Å². The molecule has 0 amide bonds. The zero-order valence-electron chi connectivity index (χ0n) is 11.6. The van der Waals surface area contributed by atoms with Crippen LogP contribution in [-0.2, 0) is 0 Å². The third kappa shape index (κ3) is 4.16. The van der Waals surface area contributed by atoms with E-state index in [1.807, 2.05) is 19.1 Å². The van der Waals surface area contributed by atoms with Crippen molar-refractivity contribution in [1.82, 2.24) is 26.7 Å². The molecule has 0 spiro atoms. The number of hydrogen-bond donors (Lipinski definition) is 2. The molecule has 1 aromatic carbocycles. The Hall–Kier alpha value is -1.16. The van der Waals surface area contributed by atoms with Crippen molar-refractivity contribution < 1.29 is 21.7 Å². The number of tetrazole rings is 1. The van der Waals surface area contributed by atoms with E-state index in [1.165, 1.54) is 4.88 Å². The van der Waals surface area contributed by atoms with Crippen LogP contribution in [-0.4, -0.2) is 20.5 Å². The highest BCUT2D eigenvalue weighted by molar-refractivity contribution is 8.93. The van der Waals surface area contributed by atoms with E-state index < -0.39 is 0 Å². The summed E-state index contributed by atoms with van der Waals surface area (Å²) in [4.78, 5) is 5.83. The van der Waals surface area contributed by atoms with E-state index in [0.29, 0.717) is 0 Å². The fourth-order valence-electron chi connectivity index (χ4n) is 1.69. The van der Waals surface area contributed by atoms with Gasteiger partial charge >= 0.3 is 0 Å². The first kappa shape index (κ1) is 19.8. The van der Waals surface area contributed by atoms with Crippen molar-refractivity contribution in [2.24, 2.45) is 0 Å². The normalized spacial score (nSPS) is 9.24. The topological polar surface area (TPSA) is 93.3 Å². The highest BCUT2D eigenvalue weighted by Gasteiger charge is 2.09. The second kappa shape index (κ2) is 8.32. The number of nitrogens with one attached hydrogen (secondary N) is 1. The van der Waals surface area contributed by atoms with E-state index in [2.05, 4.69) is 39.6 Å². The average Bonchev–Trinajstić information content (AvgIpc) is 3.01. The fraction of sp³-hybridized carbons (Fsp3) is 0.167. The lowest BCUT2D eigenvalue weighted by atomic mass is 10.2. The van der Waals surface area contributed by atoms with Crippen molar-refractivity contribution >= 4 is 28.3 Å². The number of halogens is 2. The highest BCUT2D eigenvalue weighted by atomic mass is 79.9. The molecule has 0 atom stereocenters. The summed E-state index contributed by atoms with van der Waals surface area (Å²) in [5.74, 6) is 0. The van der Waals surface area contributed by atoms with E-state index in [9.17, 15) is 0 Å². The van der Waals surface area contributed by atoms with Crippen LogP contribution in [0.4, 0.5) is 0 Å². The number of aryl methyl sites for hydroxylation is 2. The minimum atomic E-state index is 0. The average molecular weight is 436 g/mol. The summed E-state index contributed by atoms with van der Waals surface area (Å²) in [6.07, 6.45) is 1.64. The molecule has 0 radical (unpaired) electrons. The van der Waals surface area contributed by atoms with E-state index >= 15 is 0 Å². The molecule has 114 valence electrons. The molecule has 0 aliphatic heterocycles. The number of H-pyrrole nitrogens is 1. The number of thiazole rings is 1. The van der Waals surface area contributed by atoms with Crippen molar-refractivity contribution in [3.05, 3.63) is 41.2 Å². The van der Waals surface area contributed by atoms with Gasteiger partial charge in [0.25, 0.3) is 6.33 Å². The monoisotopic (exact) mass is 434 g/mol. The molecular formula is C12H16Br2N6S. The number of rotatable bonds is 2. The molecule has 6 nitrogen and oxygen atoms in total. The minimum Gasteiger partial charge on any atom is -1.00 e. The van der Waals surface area contributed by atoms with Crippen molar-refractivity contribution in [2.45, 2.75) is 13.8 Å². The SMILES string of the molecule is Br.Cc1nc(-c2cccc(-[n+]3cnn[nH]3)c2)sc1C.N.[Br-]. The Bertz CT molecular complexity index is 663. The molecule has 3 aromatic rings. The standard InChI is InChI=1S/C12H11N5S.2BrH.H3N/c1-8-9(2)18-12(14-8)10-4-3-5-11(6-10)17-7-13-15-16-17;;;/h3-7H,1-2H3;2*1H;1H3. The highest BCUT2D eigenvalue weighted by Crippen LogP contribution is 2.27. The van der Waals surface area contributed by atoms with E-state index in [-0.39, 0.29) is 40.1 Å². The van der Waals surface area contributed by atoms with Crippen molar-refractivity contribution in [3.8, 4) is 16.3 Å². The molecule has 4 N–H and O–H groups in total. The van der Waals surface area contributed by atoms with Gasteiger partial charge in [-0.2, -0.15) is 0 Å². The summed E-state index contributed by atoms with van der Waals surface area (Å²) in [7, 11) is 0. The summed E-state index contributed by atoms with van der Waals surface area (Å²) in [6.45, 7) is 4.13. The molecule has 0 saturated heterocycles. The van der Waals surface area contributed by atoms with Gasteiger partial charge in [0.1, 0.15) is 15.8 Å². The van der Waals surface area contributed by atoms with Crippen molar-refractivity contribution in [3.63, 3.8) is 0 Å². The van der Waals surface area contributed by atoms with Crippen LogP contribution in [0.5, 0.6) is 0 Å². The molecule has 0 aliphatic rings. The van der Waals surface area contributed by atoms with Crippen LogP contribution in [0.2, 0.25) is 0 Å². The molecule has 0 saturated carbocycles. The van der Waals surface area contributed by atoms with Gasteiger partial charge in [-0.05, 0) is 26.0 Å². The van der Waals surface area contributed by atoms with Crippen molar-refractivity contribution in [2.75, 3.05) is 0 Å². The van der Waals surface area contributed by atoms with Gasteiger partial charge in [0.15, 0.2) is 5.21 Å². The van der Waals surface area contributed by atoms with Gasteiger partial charge in [-0.3, -0.25) is 0 Å². The second-order valence-electron chi connectivity index (χ2n) is 4.01. The Morgan fingerprint density at radius 2 is 2.00 bits per heavy atom. The lowest BCUT2D eigenvalue weighted by Gasteiger charge is -1.98. The number of aromatic nitrogens is 5. The van der Waals surface area contributed by atoms with Crippen LogP contribution in [0.3, 0.4) is 0 Å². The maximum absolute atomic E-state index is 4.57. The summed E-state index contributed by atoms with van der Waals surface area (Å²) >= 11 is 1.71. The third-order valence-corrected chi connectivity index (χ3v) is 3.90. The van der Waals surface area contributed by atoms with E-state index in [0.717, 1.165) is 22.0 Å². The summed E-state index contributed by atoms with van der Waals surface area (Å²) in [5, 5.41) is 11.3. The summed E-state index contributed by atoms with van der Waals surface area (Å²) in [6, 6.07) is 8.13. The minimum absolute atomic E-state index is 0. The van der Waals surface area contributed by atoms with E-state index in [4.69, 9.17) is 0 Å². The van der Waals surface area contributed by atoms with Gasteiger partial charge in [0.2, 0.25) is 0 Å².